The predicted octanol–water partition coefficient (Wildman–Crippen LogP) is 20.0. The van der Waals surface area contributed by atoms with Crippen molar-refractivity contribution in [2.24, 2.45) is 5.41 Å². The summed E-state index contributed by atoms with van der Waals surface area (Å²) in [5.41, 5.74) is -0.327. The number of unbranched alkanes of at least 4 members (excludes halogenated alkanes) is 34. The van der Waals surface area contributed by atoms with E-state index in [0.717, 1.165) is 62.4 Å². The smallest absolute Gasteiger partial charge is 0.305 e. The molecule has 0 radical (unpaired) electrons. The molecule has 0 aromatic rings. The van der Waals surface area contributed by atoms with Crippen molar-refractivity contribution in [1.82, 2.24) is 0 Å². The second-order valence-corrected chi connectivity index (χ2v) is 22.3. The molecule has 0 aliphatic carbocycles. The van der Waals surface area contributed by atoms with Crippen LogP contribution < -0.4 is 0 Å². The van der Waals surface area contributed by atoms with E-state index in [0.29, 0.717) is 26.1 Å². The third kappa shape index (κ3) is 50.5. The summed E-state index contributed by atoms with van der Waals surface area (Å²) in [6, 6.07) is 0. The maximum Gasteiger partial charge on any atom is 0.305 e. The summed E-state index contributed by atoms with van der Waals surface area (Å²) in [6.07, 6.45) is 68.6. The molecule has 0 fully saturated rings. The summed E-state index contributed by atoms with van der Waals surface area (Å²) in [5, 5.41) is 0. The predicted molar refractivity (Wildman–Crippen MR) is 299 cm³/mol. The van der Waals surface area contributed by atoms with Crippen LogP contribution in [0.5, 0.6) is 0 Å². The molecule has 0 atom stereocenters. The van der Waals surface area contributed by atoms with Crippen molar-refractivity contribution in [2.75, 3.05) is 40.9 Å². The molecule has 5 heteroatoms. The molecule has 0 aromatic carbocycles. The molecule has 0 spiro atoms. The lowest BCUT2D eigenvalue weighted by Crippen LogP contribution is -2.39. The highest BCUT2D eigenvalue weighted by molar-refractivity contribution is 5.69. The highest BCUT2D eigenvalue weighted by Gasteiger charge is 2.34. The fraction of sp³-hybridized carbons (Fsp3) is 0.873. The van der Waals surface area contributed by atoms with E-state index in [4.69, 9.17) is 9.47 Å². The van der Waals surface area contributed by atoms with E-state index < -0.39 is 0 Å². The van der Waals surface area contributed by atoms with Crippen LogP contribution in [0.2, 0.25) is 0 Å². The minimum atomic E-state index is -0.327. The van der Waals surface area contributed by atoms with Gasteiger partial charge in [0, 0.05) is 18.3 Å². The molecule has 0 unspecified atom stereocenters. The lowest BCUT2D eigenvalue weighted by atomic mass is 9.79. The first-order valence-electron chi connectivity index (χ1n) is 30.2. The van der Waals surface area contributed by atoms with E-state index >= 15 is 0 Å². The standard InChI is InChI=1S/C63H120NO4/c1-7-10-13-16-19-22-25-28-31-34-37-40-43-46-49-52-56-63(57-53-58-64(4,5)6,59-67-61(65)54-50-47-44-41-38-35-32-29-26-23-20-17-14-11-8-2)60-68-62(66)55-51-48-45-42-39-36-33-30-27-24-21-18-15-12-9-3/h28-33H,7-27,34-60H2,1-6H3/q+1/b31-28?,32-29-,33-30-. The molecule has 5 nitrogen and oxygen atoms in total. The zero-order valence-corrected chi connectivity index (χ0v) is 47.0. The van der Waals surface area contributed by atoms with Gasteiger partial charge in [-0.25, -0.2) is 0 Å². The van der Waals surface area contributed by atoms with Crippen molar-refractivity contribution >= 4 is 11.9 Å². The second-order valence-electron chi connectivity index (χ2n) is 22.3. The Labute approximate surface area is 426 Å². The van der Waals surface area contributed by atoms with Gasteiger partial charge in [0.15, 0.2) is 0 Å². The first-order valence-corrected chi connectivity index (χ1v) is 30.2. The largest absolute Gasteiger partial charge is 0.465 e. The number of carbonyl (C=O) groups is 2. The fourth-order valence-electron chi connectivity index (χ4n) is 9.42. The molecule has 0 aliphatic heterocycles. The molecule has 0 saturated heterocycles. The molecule has 0 heterocycles. The van der Waals surface area contributed by atoms with Crippen molar-refractivity contribution in [1.29, 1.82) is 0 Å². The summed E-state index contributed by atoms with van der Waals surface area (Å²) in [5.74, 6) is -0.168. The number of nitrogens with zero attached hydrogens (tertiary/aromatic N) is 1. The van der Waals surface area contributed by atoms with Crippen LogP contribution in [0.25, 0.3) is 0 Å². The van der Waals surface area contributed by atoms with Crippen LogP contribution in [0.3, 0.4) is 0 Å². The zero-order chi connectivity index (χ0) is 49.8. The van der Waals surface area contributed by atoms with Crippen molar-refractivity contribution in [2.45, 2.75) is 310 Å². The number of quaternary nitrogens is 1. The number of hydrogen-bond acceptors (Lipinski definition) is 4. The second kappa shape index (κ2) is 51.5. The normalized spacial score (nSPS) is 12.4. The monoisotopic (exact) mass is 955 g/mol. The number of carbonyl (C=O) groups excluding carboxylic acids is 2. The first kappa shape index (κ1) is 66.1. The van der Waals surface area contributed by atoms with E-state index in [9.17, 15) is 9.59 Å². The lowest BCUT2D eigenvalue weighted by molar-refractivity contribution is -0.870. The third-order valence-corrected chi connectivity index (χ3v) is 14.1. The number of rotatable bonds is 54. The molecule has 0 bridgehead atoms. The van der Waals surface area contributed by atoms with Gasteiger partial charge in [-0.05, 0) is 109 Å². The number of ether oxygens (including phenoxy) is 2. The molecular formula is C63H120NO4+. The Bertz CT molecular complexity index is 1090. The summed E-state index contributed by atoms with van der Waals surface area (Å²) in [7, 11) is 6.74. The van der Waals surface area contributed by atoms with Crippen LogP contribution in [0.4, 0.5) is 0 Å². The van der Waals surface area contributed by atoms with Gasteiger partial charge in [-0.1, -0.05) is 224 Å². The highest BCUT2D eigenvalue weighted by atomic mass is 16.5. The number of allylic oxidation sites excluding steroid dienone is 6. The quantitative estimate of drug-likeness (QED) is 0.0264. The van der Waals surface area contributed by atoms with Gasteiger partial charge in [0.25, 0.3) is 0 Å². The Morgan fingerprint density at radius 1 is 0.338 bits per heavy atom. The van der Waals surface area contributed by atoms with E-state index in [2.05, 4.69) is 78.4 Å². The van der Waals surface area contributed by atoms with E-state index in [1.54, 1.807) is 0 Å². The molecule has 0 aliphatic rings. The average molecular weight is 956 g/mol. The summed E-state index contributed by atoms with van der Waals surface area (Å²) in [4.78, 5) is 26.5. The van der Waals surface area contributed by atoms with Gasteiger partial charge < -0.3 is 14.0 Å². The highest BCUT2D eigenvalue weighted by Crippen LogP contribution is 2.33. The van der Waals surface area contributed by atoms with Crippen molar-refractivity contribution in [3.8, 4) is 0 Å². The van der Waals surface area contributed by atoms with Crippen molar-refractivity contribution in [3.63, 3.8) is 0 Å². The molecule has 0 amide bonds. The van der Waals surface area contributed by atoms with Crippen molar-refractivity contribution < 1.29 is 23.5 Å². The summed E-state index contributed by atoms with van der Waals surface area (Å²) < 4.78 is 13.2. The van der Waals surface area contributed by atoms with E-state index in [1.165, 1.54) is 225 Å². The fourth-order valence-corrected chi connectivity index (χ4v) is 9.42. The molecule has 0 N–H and O–H groups in total. The lowest BCUT2D eigenvalue weighted by Gasteiger charge is -2.34. The van der Waals surface area contributed by atoms with Crippen molar-refractivity contribution in [3.05, 3.63) is 36.5 Å². The molecule has 0 rings (SSSR count). The van der Waals surface area contributed by atoms with Crippen LogP contribution in [0.15, 0.2) is 36.5 Å². The van der Waals surface area contributed by atoms with Crippen LogP contribution in [-0.4, -0.2) is 57.3 Å². The molecule has 0 aromatic heterocycles. The molecular weight excluding hydrogens is 835 g/mol. The molecule has 68 heavy (non-hydrogen) atoms. The Morgan fingerprint density at radius 2 is 0.588 bits per heavy atom. The Balaban J connectivity index is 4.98. The Morgan fingerprint density at radius 3 is 0.882 bits per heavy atom. The van der Waals surface area contributed by atoms with E-state index in [-0.39, 0.29) is 17.4 Å². The SMILES string of the molecule is CCCCCCCCC=CCCCCCCCCC(CCC[N+](C)(C)C)(COC(=O)CCCCCCC/C=C\CCCCCCCC)COC(=O)CCCCCCC/C=C\CCCCCCCC. The Hall–Kier alpha value is -1.88. The molecule has 0 saturated carbocycles. The third-order valence-electron chi connectivity index (χ3n) is 14.1. The molecule has 400 valence electrons. The van der Waals surface area contributed by atoms with Crippen LogP contribution >= 0.6 is 0 Å². The maximum atomic E-state index is 13.2. The van der Waals surface area contributed by atoms with Gasteiger partial charge in [0.2, 0.25) is 0 Å². The number of esters is 2. The van der Waals surface area contributed by atoms with Gasteiger partial charge in [-0.15, -0.1) is 0 Å². The van der Waals surface area contributed by atoms with E-state index in [1.807, 2.05) is 0 Å². The first-order chi connectivity index (χ1) is 33.2. The maximum absolute atomic E-state index is 13.2. The topological polar surface area (TPSA) is 52.6 Å². The van der Waals surface area contributed by atoms with Gasteiger partial charge in [0.1, 0.15) is 13.2 Å². The van der Waals surface area contributed by atoms with Gasteiger partial charge in [-0.3, -0.25) is 9.59 Å². The van der Waals surface area contributed by atoms with Gasteiger partial charge in [-0.2, -0.15) is 0 Å². The van der Waals surface area contributed by atoms with Crippen LogP contribution in [0.1, 0.15) is 310 Å². The summed E-state index contributed by atoms with van der Waals surface area (Å²) >= 11 is 0. The van der Waals surface area contributed by atoms with Gasteiger partial charge in [0.05, 0.1) is 27.7 Å². The minimum Gasteiger partial charge on any atom is -0.465 e. The van der Waals surface area contributed by atoms with Gasteiger partial charge >= 0.3 is 11.9 Å². The Kier molecular flexibility index (Phi) is 50.1. The minimum absolute atomic E-state index is 0.0840. The van der Waals surface area contributed by atoms with Crippen LogP contribution in [-0.2, 0) is 19.1 Å². The number of hydrogen-bond donors (Lipinski definition) is 0. The summed E-state index contributed by atoms with van der Waals surface area (Å²) in [6.45, 7) is 8.61. The van der Waals surface area contributed by atoms with Crippen LogP contribution in [0, 0.1) is 5.41 Å². The average Bonchev–Trinajstić information content (AvgIpc) is 3.32. The zero-order valence-electron chi connectivity index (χ0n) is 47.0.